The topological polar surface area (TPSA) is 78.5 Å². The molecule has 3 rings (SSSR count). The van der Waals surface area contributed by atoms with Crippen LogP contribution in [0.1, 0.15) is 27.1 Å². The smallest absolute Gasteiger partial charge is 0.319 e. The fourth-order valence-corrected chi connectivity index (χ4v) is 3.20. The number of carbonyl (C=O) groups excluding carboxylic acids is 3. The molecule has 26 heavy (non-hydrogen) atoms. The van der Waals surface area contributed by atoms with Crippen molar-refractivity contribution in [3.63, 3.8) is 0 Å². The Labute approximate surface area is 163 Å². The second-order valence-corrected chi connectivity index (χ2v) is 7.05. The second-order valence-electron chi connectivity index (χ2n) is 5.70. The summed E-state index contributed by atoms with van der Waals surface area (Å²) in [6, 6.07) is 11.4. The van der Waals surface area contributed by atoms with Gasteiger partial charge in [-0.25, -0.2) is 4.79 Å². The molecule has 0 bridgehead atoms. The first-order chi connectivity index (χ1) is 12.5. The Balaban J connectivity index is 1.48. The highest BCUT2D eigenvalue weighted by atomic mass is 79.9. The number of hydrogen-bond acceptors (Lipinski definition) is 3. The SMILES string of the molecule is O=C(NCCCN1C(=O)c2ccc(Br)cc2C1=O)Nc1cccc(Cl)c1. The first-order valence-corrected chi connectivity index (χ1v) is 9.09. The first kappa shape index (κ1) is 18.4. The maximum absolute atomic E-state index is 12.3. The third-order valence-electron chi connectivity index (χ3n) is 3.86. The minimum atomic E-state index is -0.376. The van der Waals surface area contributed by atoms with E-state index in [2.05, 4.69) is 26.6 Å². The molecule has 0 atom stereocenters. The summed E-state index contributed by atoms with van der Waals surface area (Å²) in [6.45, 7) is 0.560. The van der Waals surface area contributed by atoms with Crippen molar-refractivity contribution in [3.8, 4) is 0 Å². The Morgan fingerprint density at radius 2 is 1.85 bits per heavy atom. The number of nitrogens with zero attached hydrogens (tertiary/aromatic N) is 1. The van der Waals surface area contributed by atoms with Gasteiger partial charge in [-0.2, -0.15) is 0 Å². The largest absolute Gasteiger partial charge is 0.338 e. The number of halogens is 2. The molecule has 2 aromatic rings. The first-order valence-electron chi connectivity index (χ1n) is 7.92. The number of amides is 4. The van der Waals surface area contributed by atoms with E-state index in [1.165, 1.54) is 4.90 Å². The molecule has 0 fully saturated rings. The Bertz CT molecular complexity index is 888. The molecule has 134 valence electrons. The molecule has 0 saturated carbocycles. The predicted molar refractivity (Wildman–Crippen MR) is 103 cm³/mol. The quantitative estimate of drug-likeness (QED) is 0.551. The van der Waals surface area contributed by atoms with E-state index in [1.807, 2.05) is 0 Å². The molecule has 0 saturated heterocycles. The summed E-state index contributed by atoms with van der Waals surface area (Å²) in [5, 5.41) is 5.87. The molecule has 0 spiro atoms. The van der Waals surface area contributed by atoms with E-state index in [4.69, 9.17) is 11.6 Å². The van der Waals surface area contributed by atoms with Crippen LogP contribution in [0, 0.1) is 0 Å². The summed E-state index contributed by atoms with van der Waals surface area (Å²) in [5.41, 5.74) is 1.39. The van der Waals surface area contributed by atoms with Gasteiger partial charge in [-0.15, -0.1) is 0 Å². The molecule has 8 heteroatoms. The third-order valence-corrected chi connectivity index (χ3v) is 4.59. The zero-order valence-electron chi connectivity index (χ0n) is 13.6. The minimum Gasteiger partial charge on any atom is -0.338 e. The number of carbonyl (C=O) groups is 3. The Morgan fingerprint density at radius 1 is 1.08 bits per heavy atom. The predicted octanol–water partition coefficient (Wildman–Crippen LogP) is 3.91. The number of anilines is 1. The lowest BCUT2D eigenvalue weighted by Crippen LogP contribution is -2.35. The zero-order valence-corrected chi connectivity index (χ0v) is 15.9. The number of imide groups is 1. The highest BCUT2D eigenvalue weighted by molar-refractivity contribution is 9.10. The van der Waals surface area contributed by atoms with E-state index >= 15 is 0 Å². The van der Waals surface area contributed by atoms with E-state index < -0.39 is 0 Å². The maximum atomic E-state index is 12.3. The molecule has 0 radical (unpaired) electrons. The number of nitrogens with one attached hydrogen (secondary N) is 2. The number of hydrogen-bond donors (Lipinski definition) is 2. The fraction of sp³-hybridized carbons (Fsp3) is 0.167. The van der Waals surface area contributed by atoms with Gasteiger partial charge in [-0.05, 0) is 42.8 Å². The van der Waals surface area contributed by atoms with Gasteiger partial charge in [0.2, 0.25) is 0 Å². The summed E-state index contributed by atoms with van der Waals surface area (Å²) < 4.78 is 0.749. The molecule has 0 unspecified atom stereocenters. The number of rotatable bonds is 5. The van der Waals surface area contributed by atoms with Crippen LogP contribution in [-0.4, -0.2) is 35.8 Å². The Morgan fingerprint density at radius 3 is 2.62 bits per heavy atom. The summed E-state index contributed by atoms with van der Waals surface area (Å²) >= 11 is 9.16. The average Bonchev–Trinajstić information content (AvgIpc) is 2.82. The van der Waals surface area contributed by atoms with Crippen molar-refractivity contribution >= 4 is 51.1 Å². The minimum absolute atomic E-state index is 0.238. The zero-order chi connectivity index (χ0) is 18.7. The van der Waals surface area contributed by atoms with Gasteiger partial charge in [0.25, 0.3) is 11.8 Å². The average molecular weight is 437 g/mol. The van der Waals surface area contributed by atoms with Crippen LogP contribution in [0.3, 0.4) is 0 Å². The molecule has 0 aliphatic carbocycles. The third kappa shape index (κ3) is 4.05. The molecular formula is C18H15BrClN3O3. The lowest BCUT2D eigenvalue weighted by atomic mass is 10.1. The van der Waals surface area contributed by atoms with Crippen LogP contribution in [0.5, 0.6) is 0 Å². The second kappa shape index (κ2) is 7.88. The molecule has 4 amide bonds. The van der Waals surface area contributed by atoms with E-state index in [1.54, 1.807) is 42.5 Å². The van der Waals surface area contributed by atoms with Crippen LogP contribution in [0.25, 0.3) is 0 Å². The van der Waals surface area contributed by atoms with Crippen LogP contribution in [0.15, 0.2) is 46.9 Å². The summed E-state index contributed by atoms with van der Waals surface area (Å²) in [5.74, 6) is -0.615. The van der Waals surface area contributed by atoms with Crippen LogP contribution in [-0.2, 0) is 0 Å². The van der Waals surface area contributed by atoms with Gasteiger partial charge < -0.3 is 10.6 Å². The molecule has 2 N–H and O–H groups in total. The van der Waals surface area contributed by atoms with Crippen LogP contribution < -0.4 is 10.6 Å². The van der Waals surface area contributed by atoms with Gasteiger partial charge in [0.1, 0.15) is 0 Å². The number of benzene rings is 2. The van der Waals surface area contributed by atoms with E-state index in [0.717, 1.165) is 4.47 Å². The van der Waals surface area contributed by atoms with Gasteiger partial charge in [0.05, 0.1) is 11.1 Å². The number of urea groups is 1. The molecule has 6 nitrogen and oxygen atoms in total. The fourth-order valence-electron chi connectivity index (χ4n) is 2.65. The van der Waals surface area contributed by atoms with Crippen molar-refractivity contribution in [2.45, 2.75) is 6.42 Å². The lowest BCUT2D eigenvalue weighted by molar-refractivity contribution is 0.0653. The normalized spacial score (nSPS) is 12.9. The van der Waals surface area contributed by atoms with Crippen molar-refractivity contribution < 1.29 is 14.4 Å². The van der Waals surface area contributed by atoms with Gasteiger partial charge in [-0.1, -0.05) is 33.6 Å². The standard InChI is InChI=1S/C18H15BrClN3O3/c19-11-5-6-14-15(9-11)17(25)23(16(14)24)8-2-7-21-18(26)22-13-4-1-3-12(20)10-13/h1,3-6,9-10H,2,7-8H2,(H2,21,22,26). The Hall–Kier alpha value is -2.38. The summed E-state index contributed by atoms with van der Waals surface area (Å²) in [7, 11) is 0. The van der Waals surface area contributed by atoms with Gasteiger partial charge in [0.15, 0.2) is 0 Å². The summed E-state index contributed by atoms with van der Waals surface area (Å²) in [6.07, 6.45) is 0.454. The molecule has 1 aliphatic rings. The summed E-state index contributed by atoms with van der Waals surface area (Å²) in [4.78, 5) is 37.7. The van der Waals surface area contributed by atoms with Crippen molar-refractivity contribution in [2.75, 3.05) is 18.4 Å². The van der Waals surface area contributed by atoms with Gasteiger partial charge in [0, 0.05) is 28.3 Å². The van der Waals surface area contributed by atoms with Crippen molar-refractivity contribution in [1.82, 2.24) is 10.2 Å². The molecule has 0 aromatic heterocycles. The highest BCUT2D eigenvalue weighted by Gasteiger charge is 2.34. The Kier molecular flexibility index (Phi) is 5.58. The monoisotopic (exact) mass is 435 g/mol. The highest BCUT2D eigenvalue weighted by Crippen LogP contribution is 2.26. The van der Waals surface area contributed by atoms with Crippen molar-refractivity contribution in [2.24, 2.45) is 0 Å². The van der Waals surface area contributed by atoms with Crippen molar-refractivity contribution in [3.05, 3.63) is 63.1 Å². The number of fused-ring (bicyclic) bond motifs is 1. The molecule has 1 aliphatic heterocycles. The molecule has 1 heterocycles. The molecular weight excluding hydrogens is 422 g/mol. The van der Waals surface area contributed by atoms with E-state index in [-0.39, 0.29) is 24.4 Å². The molecule has 2 aromatic carbocycles. The van der Waals surface area contributed by atoms with E-state index in [9.17, 15) is 14.4 Å². The van der Waals surface area contributed by atoms with E-state index in [0.29, 0.717) is 34.8 Å². The van der Waals surface area contributed by atoms with Crippen LogP contribution in [0.2, 0.25) is 5.02 Å². The van der Waals surface area contributed by atoms with Crippen LogP contribution >= 0.6 is 27.5 Å². The van der Waals surface area contributed by atoms with Gasteiger partial charge in [-0.3, -0.25) is 14.5 Å². The maximum Gasteiger partial charge on any atom is 0.319 e. The lowest BCUT2D eigenvalue weighted by Gasteiger charge is -2.14. The van der Waals surface area contributed by atoms with Crippen molar-refractivity contribution in [1.29, 1.82) is 0 Å². The van der Waals surface area contributed by atoms with Crippen LogP contribution in [0.4, 0.5) is 10.5 Å². The van der Waals surface area contributed by atoms with Gasteiger partial charge >= 0.3 is 6.03 Å².